The Morgan fingerprint density at radius 2 is 2.43 bits per heavy atom. The molecule has 1 N–H and O–H groups in total. The van der Waals surface area contributed by atoms with Gasteiger partial charge in [0, 0.05) is 32.4 Å². The monoisotopic (exact) mass is 197 g/mol. The zero-order valence-corrected chi connectivity index (χ0v) is 9.16. The quantitative estimate of drug-likeness (QED) is 0.737. The zero-order valence-electron chi connectivity index (χ0n) is 9.16. The van der Waals surface area contributed by atoms with Crippen LogP contribution >= 0.6 is 0 Å². The maximum atomic E-state index is 5.31. The first-order valence-corrected chi connectivity index (χ1v) is 5.02. The Balaban J connectivity index is 2.23. The Morgan fingerprint density at radius 1 is 1.64 bits per heavy atom. The second-order valence-electron chi connectivity index (χ2n) is 3.39. The van der Waals surface area contributed by atoms with Crippen molar-refractivity contribution in [3.63, 3.8) is 0 Å². The number of nitrogens with zero attached hydrogens (tertiary/aromatic N) is 2. The molecule has 4 heteroatoms. The van der Waals surface area contributed by atoms with E-state index in [1.807, 2.05) is 30.9 Å². The van der Waals surface area contributed by atoms with Crippen LogP contribution in [-0.2, 0) is 18.3 Å². The number of hydrogen-bond donors (Lipinski definition) is 1. The van der Waals surface area contributed by atoms with Gasteiger partial charge in [0.2, 0.25) is 0 Å². The van der Waals surface area contributed by atoms with Crippen LogP contribution in [0.5, 0.6) is 0 Å². The lowest BCUT2D eigenvalue weighted by Gasteiger charge is -2.13. The van der Waals surface area contributed by atoms with E-state index in [4.69, 9.17) is 4.74 Å². The molecule has 0 bridgehead atoms. The van der Waals surface area contributed by atoms with Crippen LogP contribution < -0.4 is 5.32 Å². The average Bonchev–Trinajstić information content (AvgIpc) is 2.58. The van der Waals surface area contributed by atoms with E-state index in [1.165, 1.54) is 5.69 Å². The van der Waals surface area contributed by atoms with Crippen LogP contribution in [0.3, 0.4) is 0 Å². The summed E-state index contributed by atoms with van der Waals surface area (Å²) in [6.45, 7) is 6.50. The van der Waals surface area contributed by atoms with Gasteiger partial charge >= 0.3 is 0 Å². The Labute approximate surface area is 85.3 Å². The van der Waals surface area contributed by atoms with Crippen molar-refractivity contribution in [3.8, 4) is 0 Å². The minimum atomic E-state index is 0.379. The van der Waals surface area contributed by atoms with Crippen LogP contribution in [0.1, 0.15) is 19.5 Å². The molecule has 1 atom stereocenters. The number of hydrogen-bond acceptors (Lipinski definition) is 3. The molecule has 0 saturated carbocycles. The van der Waals surface area contributed by atoms with E-state index in [9.17, 15) is 0 Å². The summed E-state index contributed by atoms with van der Waals surface area (Å²) in [5.41, 5.74) is 1.19. The fraction of sp³-hybridized carbons (Fsp3) is 0.700. The van der Waals surface area contributed by atoms with Crippen molar-refractivity contribution in [2.24, 2.45) is 7.05 Å². The largest absolute Gasteiger partial charge is 0.380 e. The standard InChI is InChI=1S/C10H19N3O/c1-4-14-8-9(2)11-7-10-5-6-12-13(10)3/h5-6,9,11H,4,7-8H2,1-3H3. The molecule has 0 aromatic carbocycles. The zero-order chi connectivity index (χ0) is 10.4. The number of aryl methyl sites for hydroxylation is 1. The minimum Gasteiger partial charge on any atom is -0.380 e. The first-order chi connectivity index (χ1) is 6.74. The molecule has 0 aliphatic carbocycles. The highest BCUT2D eigenvalue weighted by molar-refractivity contribution is 4.99. The Hall–Kier alpha value is -0.870. The van der Waals surface area contributed by atoms with E-state index < -0.39 is 0 Å². The van der Waals surface area contributed by atoms with Gasteiger partial charge in [0.25, 0.3) is 0 Å². The lowest BCUT2D eigenvalue weighted by Crippen LogP contribution is -2.30. The van der Waals surface area contributed by atoms with Crippen molar-refractivity contribution in [1.82, 2.24) is 15.1 Å². The molecule has 0 spiro atoms. The molecule has 1 rings (SSSR count). The minimum absolute atomic E-state index is 0.379. The normalized spacial score (nSPS) is 13.1. The van der Waals surface area contributed by atoms with Crippen molar-refractivity contribution < 1.29 is 4.74 Å². The molecule has 0 radical (unpaired) electrons. The maximum Gasteiger partial charge on any atom is 0.0616 e. The summed E-state index contributed by atoms with van der Waals surface area (Å²) in [5, 5.41) is 7.48. The van der Waals surface area contributed by atoms with Gasteiger partial charge in [0.1, 0.15) is 0 Å². The predicted molar refractivity (Wildman–Crippen MR) is 56.0 cm³/mol. The third-order valence-corrected chi connectivity index (χ3v) is 2.13. The molecular weight excluding hydrogens is 178 g/mol. The predicted octanol–water partition coefficient (Wildman–Crippen LogP) is 0.935. The maximum absolute atomic E-state index is 5.31. The van der Waals surface area contributed by atoms with E-state index in [1.54, 1.807) is 0 Å². The van der Waals surface area contributed by atoms with Crippen molar-refractivity contribution in [3.05, 3.63) is 18.0 Å². The molecule has 0 aliphatic heterocycles. The number of aromatic nitrogens is 2. The van der Waals surface area contributed by atoms with Crippen molar-refractivity contribution in [2.75, 3.05) is 13.2 Å². The van der Waals surface area contributed by atoms with Crippen LogP contribution in [0.2, 0.25) is 0 Å². The highest BCUT2D eigenvalue weighted by Gasteiger charge is 2.02. The molecule has 4 nitrogen and oxygen atoms in total. The van der Waals surface area contributed by atoms with E-state index in [2.05, 4.69) is 17.3 Å². The molecule has 80 valence electrons. The Kier molecular flexibility index (Phi) is 4.62. The van der Waals surface area contributed by atoms with Crippen molar-refractivity contribution >= 4 is 0 Å². The van der Waals surface area contributed by atoms with Crippen LogP contribution in [0.25, 0.3) is 0 Å². The van der Waals surface area contributed by atoms with E-state index in [-0.39, 0.29) is 0 Å². The van der Waals surface area contributed by atoms with E-state index in [0.717, 1.165) is 19.8 Å². The van der Waals surface area contributed by atoms with Gasteiger partial charge in [-0.2, -0.15) is 5.10 Å². The van der Waals surface area contributed by atoms with E-state index >= 15 is 0 Å². The molecule has 0 saturated heterocycles. The molecular formula is C10H19N3O. The molecule has 0 amide bonds. The van der Waals surface area contributed by atoms with Gasteiger partial charge in [-0.1, -0.05) is 0 Å². The number of rotatable bonds is 6. The summed E-state index contributed by atoms with van der Waals surface area (Å²) >= 11 is 0. The number of nitrogens with one attached hydrogen (secondary N) is 1. The molecule has 1 aromatic heterocycles. The Morgan fingerprint density at radius 3 is 3.00 bits per heavy atom. The van der Waals surface area contributed by atoms with Gasteiger partial charge in [0.15, 0.2) is 0 Å². The summed E-state index contributed by atoms with van der Waals surface area (Å²) in [7, 11) is 1.95. The van der Waals surface area contributed by atoms with Gasteiger partial charge in [-0.05, 0) is 19.9 Å². The number of ether oxygens (including phenoxy) is 1. The van der Waals surface area contributed by atoms with Crippen LogP contribution in [0, 0.1) is 0 Å². The molecule has 1 heterocycles. The van der Waals surface area contributed by atoms with Crippen LogP contribution in [0.4, 0.5) is 0 Å². The lowest BCUT2D eigenvalue weighted by molar-refractivity contribution is 0.127. The van der Waals surface area contributed by atoms with Gasteiger partial charge in [0.05, 0.1) is 12.3 Å². The second kappa shape index (κ2) is 5.78. The SMILES string of the molecule is CCOCC(C)NCc1ccnn1C. The summed E-state index contributed by atoms with van der Waals surface area (Å²) in [4.78, 5) is 0. The summed E-state index contributed by atoms with van der Waals surface area (Å²) < 4.78 is 7.19. The van der Waals surface area contributed by atoms with Crippen molar-refractivity contribution in [2.45, 2.75) is 26.4 Å². The van der Waals surface area contributed by atoms with Crippen molar-refractivity contribution in [1.29, 1.82) is 0 Å². The van der Waals surface area contributed by atoms with Gasteiger partial charge in [-0.3, -0.25) is 4.68 Å². The van der Waals surface area contributed by atoms with Gasteiger partial charge in [-0.15, -0.1) is 0 Å². The molecule has 1 aromatic rings. The third-order valence-electron chi connectivity index (χ3n) is 2.13. The summed E-state index contributed by atoms with van der Waals surface area (Å²) in [6.07, 6.45) is 1.81. The highest BCUT2D eigenvalue weighted by atomic mass is 16.5. The van der Waals surface area contributed by atoms with Crippen LogP contribution in [0.15, 0.2) is 12.3 Å². The molecule has 0 aliphatic rings. The first kappa shape index (κ1) is 11.2. The van der Waals surface area contributed by atoms with Gasteiger partial charge in [-0.25, -0.2) is 0 Å². The lowest BCUT2D eigenvalue weighted by atomic mass is 10.3. The topological polar surface area (TPSA) is 39.1 Å². The summed E-state index contributed by atoms with van der Waals surface area (Å²) in [6, 6.07) is 2.39. The smallest absolute Gasteiger partial charge is 0.0616 e. The fourth-order valence-corrected chi connectivity index (χ4v) is 1.21. The molecule has 0 fully saturated rings. The highest BCUT2D eigenvalue weighted by Crippen LogP contribution is 1.96. The summed E-state index contributed by atoms with van der Waals surface area (Å²) in [5.74, 6) is 0. The Bertz CT molecular complexity index is 260. The second-order valence-corrected chi connectivity index (χ2v) is 3.39. The average molecular weight is 197 g/mol. The third kappa shape index (κ3) is 3.47. The van der Waals surface area contributed by atoms with Gasteiger partial charge < -0.3 is 10.1 Å². The van der Waals surface area contributed by atoms with Crippen LogP contribution in [-0.4, -0.2) is 29.0 Å². The molecule has 14 heavy (non-hydrogen) atoms. The fourth-order valence-electron chi connectivity index (χ4n) is 1.21. The van der Waals surface area contributed by atoms with E-state index in [0.29, 0.717) is 6.04 Å². The first-order valence-electron chi connectivity index (χ1n) is 5.02. The molecule has 1 unspecified atom stereocenters.